The van der Waals surface area contributed by atoms with Crippen molar-refractivity contribution in [2.24, 2.45) is 11.3 Å². The Kier molecular flexibility index (Phi) is 5.94. The lowest BCUT2D eigenvalue weighted by Gasteiger charge is -2.44. The van der Waals surface area contributed by atoms with E-state index < -0.39 is 0 Å². The molecule has 5 heteroatoms. The molecule has 0 spiro atoms. The summed E-state index contributed by atoms with van der Waals surface area (Å²) in [5.41, 5.74) is 4.55. The van der Waals surface area contributed by atoms with Crippen LogP contribution in [-0.4, -0.2) is 36.7 Å². The lowest BCUT2D eigenvalue weighted by Crippen LogP contribution is -2.53. The van der Waals surface area contributed by atoms with Crippen LogP contribution < -0.4 is 5.32 Å². The number of hydrogen-bond acceptors (Lipinski definition) is 3. The first-order chi connectivity index (χ1) is 15.8. The largest absolute Gasteiger partial charge is 0.445 e. The van der Waals surface area contributed by atoms with Crippen LogP contribution >= 0.6 is 0 Å². The molecular formula is C28H35FN2O2. The zero-order valence-corrected chi connectivity index (χ0v) is 20.0. The summed E-state index contributed by atoms with van der Waals surface area (Å²) >= 11 is 0. The van der Waals surface area contributed by atoms with Crippen molar-refractivity contribution in [1.29, 1.82) is 0 Å². The molecule has 3 heterocycles. The minimum absolute atomic E-state index is 0.0359. The minimum Gasteiger partial charge on any atom is -0.445 e. The SMILES string of the molecule is CCCc1ccc(-c2cc3c(cc2F)C(NC(=O)O[C@@H]2CN4CCC2CC4)C(C)(C)C3)cc1. The smallest absolute Gasteiger partial charge is 0.407 e. The quantitative estimate of drug-likeness (QED) is 0.618. The maximum absolute atomic E-state index is 15.3. The topological polar surface area (TPSA) is 41.6 Å². The highest BCUT2D eigenvalue weighted by Crippen LogP contribution is 2.47. The van der Waals surface area contributed by atoms with Gasteiger partial charge in [-0.2, -0.15) is 0 Å². The molecule has 176 valence electrons. The Labute approximate surface area is 196 Å². The molecule has 1 aliphatic carbocycles. The Hall–Kier alpha value is -2.40. The standard InChI is InChI=1S/C28H35FN2O2/c1-4-5-18-6-8-19(9-7-18)22-14-21-16-28(2,3)26(23(21)15-24(22)29)30-27(32)33-25-17-31-12-10-20(25)11-13-31/h6-9,14-15,20,25-26H,4-5,10-13,16-17H2,1-3H3,(H,30,32)/t25-,26?/m1/s1. The normalized spacial score (nSPS) is 27.3. The van der Waals surface area contributed by atoms with Gasteiger partial charge in [-0.3, -0.25) is 4.90 Å². The summed E-state index contributed by atoms with van der Waals surface area (Å²) in [4.78, 5) is 15.2. The Bertz CT molecular complexity index is 1020. The molecule has 6 rings (SSSR count). The molecule has 33 heavy (non-hydrogen) atoms. The fourth-order valence-electron chi connectivity index (χ4n) is 6.04. The van der Waals surface area contributed by atoms with Gasteiger partial charge in [0.15, 0.2) is 0 Å². The third kappa shape index (κ3) is 4.40. The zero-order chi connectivity index (χ0) is 23.2. The number of nitrogens with one attached hydrogen (secondary N) is 1. The number of nitrogens with zero attached hydrogens (tertiary/aromatic N) is 1. The van der Waals surface area contributed by atoms with Crippen molar-refractivity contribution in [2.45, 2.75) is 65.0 Å². The second kappa shape index (κ2) is 8.75. The highest BCUT2D eigenvalue weighted by Gasteiger charge is 2.42. The Balaban J connectivity index is 1.34. The lowest BCUT2D eigenvalue weighted by atomic mass is 9.85. The Morgan fingerprint density at radius 2 is 1.91 bits per heavy atom. The molecule has 4 nitrogen and oxygen atoms in total. The van der Waals surface area contributed by atoms with Gasteiger partial charge in [-0.05, 0) is 84.5 Å². The molecule has 0 radical (unpaired) electrons. The molecule has 3 aliphatic heterocycles. The van der Waals surface area contributed by atoms with Gasteiger partial charge < -0.3 is 10.1 Å². The van der Waals surface area contributed by atoms with Crippen LogP contribution in [0.4, 0.5) is 9.18 Å². The van der Waals surface area contributed by atoms with Crippen LogP contribution in [0.1, 0.15) is 62.8 Å². The summed E-state index contributed by atoms with van der Waals surface area (Å²) in [7, 11) is 0. The number of aryl methyl sites for hydroxylation is 1. The third-order valence-electron chi connectivity index (χ3n) is 7.89. The highest BCUT2D eigenvalue weighted by atomic mass is 19.1. The lowest BCUT2D eigenvalue weighted by molar-refractivity contribution is -0.0349. The van der Waals surface area contributed by atoms with E-state index >= 15 is 4.39 Å². The van der Waals surface area contributed by atoms with E-state index in [0.717, 1.165) is 68.4 Å². The van der Waals surface area contributed by atoms with Gasteiger partial charge in [0.1, 0.15) is 11.9 Å². The number of carbonyl (C=O) groups excluding carboxylic acids is 1. The number of carbonyl (C=O) groups is 1. The van der Waals surface area contributed by atoms with E-state index in [4.69, 9.17) is 4.74 Å². The average Bonchev–Trinajstić information content (AvgIpc) is 3.03. The van der Waals surface area contributed by atoms with E-state index in [9.17, 15) is 4.79 Å². The summed E-state index contributed by atoms with van der Waals surface area (Å²) in [6.45, 7) is 9.47. The van der Waals surface area contributed by atoms with Gasteiger partial charge in [0.25, 0.3) is 0 Å². The van der Waals surface area contributed by atoms with Crippen molar-refractivity contribution in [2.75, 3.05) is 19.6 Å². The molecule has 1 N–H and O–H groups in total. The van der Waals surface area contributed by atoms with Crippen molar-refractivity contribution >= 4 is 6.09 Å². The van der Waals surface area contributed by atoms with Crippen LogP contribution in [0.2, 0.25) is 0 Å². The Morgan fingerprint density at radius 1 is 1.18 bits per heavy atom. The monoisotopic (exact) mass is 450 g/mol. The number of halogens is 1. The Morgan fingerprint density at radius 3 is 2.55 bits per heavy atom. The van der Waals surface area contributed by atoms with Gasteiger partial charge in [0, 0.05) is 12.1 Å². The molecule has 0 aromatic heterocycles. The highest BCUT2D eigenvalue weighted by molar-refractivity contribution is 5.70. The molecule has 2 atom stereocenters. The van der Waals surface area contributed by atoms with E-state index in [1.165, 1.54) is 5.56 Å². The van der Waals surface area contributed by atoms with Gasteiger partial charge in [-0.1, -0.05) is 51.5 Å². The summed E-state index contributed by atoms with van der Waals surface area (Å²) in [6, 6.07) is 11.5. The number of alkyl carbamates (subject to hydrolysis) is 1. The first-order valence-electron chi connectivity index (χ1n) is 12.4. The summed E-state index contributed by atoms with van der Waals surface area (Å²) in [5, 5.41) is 3.09. The van der Waals surface area contributed by atoms with E-state index in [1.807, 2.05) is 18.2 Å². The van der Waals surface area contributed by atoms with Gasteiger partial charge in [-0.15, -0.1) is 0 Å². The molecule has 2 aromatic carbocycles. The summed E-state index contributed by atoms with van der Waals surface area (Å²) in [6.07, 6.45) is 4.70. The number of fused-ring (bicyclic) bond motifs is 4. The third-order valence-corrected chi connectivity index (χ3v) is 7.89. The second-order valence-corrected chi connectivity index (χ2v) is 10.8. The second-order valence-electron chi connectivity index (χ2n) is 10.8. The van der Waals surface area contributed by atoms with E-state index in [0.29, 0.717) is 11.5 Å². The average molecular weight is 451 g/mol. The van der Waals surface area contributed by atoms with E-state index in [-0.39, 0.29) is 29.5 Å². The number of piperidine rings is 3. The number of hydrogen-bond donors (Lipinski definition) is 1. The van der Waals surface area contributed by atoms with Crippen molar-refractivity contribution in [3.63, 3.8) is 0 Å². The predicted octanol–water partition coefficient (Wildman–Crippen LogP) is 5.89. The molecule has 3 fully saturated rings. The van der Waals surface area contributed by atoms with E-state index in [2.05, 4.69) is 43.1 Å². The number of ether oxygens (including phenoxy) is 1. The molecule has 0 saturated carbocycles. The molecule has 3 saturated heterocycles. The van der Waals surface area contributed by atoms with Crippen LogP contribution in [0.15, 0.2) is 36.4 Å². The van der Waals surface area contributed by atoms with Crippen molar-refractivity contribution in [3.05, 3.63) is 58.9 Å². The molecule has 2 aromatic rings. The van der Waals surface area contributed by atoms with E-state index in [1.54, 1.807) is 6.07 Å². The zero-order valence-electron chi connectivity index (χ0n) is 20.0. The minimum atomic E-state index is -0.379. The summed E-state index contributed by atoms with van der Waals surface area (Å²) in [5.74, 6) is 0.223. The maximum Gasteiger partial charge on any atom is 0.407 e. The molecule has 2 bridgehead atoms. The summed E-state index contributed by atoms with van der Waals surface area (Å²) < 4.78 is 21.1. The maximum atomic E-state index is 15.3. The van der Waals surface area contributed by atoms with Crippen molar-refractivity contribution < 1.29 is 13.9 Å². The van der Waals surface area contributed by atoms with Crippen LogP contribution in [0.25, 0.3) is 11.1 Å². The van der Waals surface area contributed by atoms with Gasteiger partial charge in [0.05, 0.1) is 6.04 Å². The molecule has 1 unspecified atom stereocenters. The van der Waals surface area contributed by atoms with Gasteiger partial charge >= 0.3 is 6.09 Å². The van der Waals surface area contributed by atoms with Crippen molar-refractivity contribution in [1.82, 2.24) is 10.2 Å². The molecule has 4 aliphatic rings. The number of amides is 1. The van der Waals surface area contributed by atoms with Crippen LogP contribution in [0.3, 0.4) is 0 Å². The first kappa shape index (κ1) is 22.4. The first-order valence-corrected chi connectivity index (χ1v) is 12.4. The van der Waals surface area contributed by atoms with Gasteiger partial charge in [0.2, 0.25) is 0 Å². The van der Waals surface area contributed by atoms with Crippen molar-refractivity contribution in [3.8, 4) is 11.1 Å². The number of benzene rings is 2. The van der Waals surface area contributed by atoms with Gasteiger partial charge in [-0.25, -0.2) is 9.18 Å². The fraction of sp³-hybridized carbons (Fsp3) is 0.536. The molecule has 1 amide bonds. The fourth-order valence-corrected chi connectivity index (χ4v) is 6.04. The van der Waals surface area contributed by atoms with Crippen LogP contribution in [0, 0.1) is 17.2 Å². The van der Waals surface area contributed by atoms with Crippen LogP contribution in [-0.2, 0) is 17.6 Å². The molecular weight excluding hydrogens is 415 g/mol. The number of rotatable bonds is 5. The van der Waals surface area contributed by atoms with Crippen LogP contribution in [0.5, 0.6) is 0 Å². The predicted molar refractivity (Wildman–Crippen MR) is 129 cm³/mol.